The van der Waals surface area contributed by atoms with E-state index in [1.54, 1.807) is 6.92 Å². The first-order chi connectivity index (χ1) is 13.2. The van der Waals surface area contributed by atoms with E-state index in [1.165, 1.54) is 5.56 Å². The smallest absolute Gasteiger partial charge is 0.325 e. The van der Waals surface area contributed by atoms with E-state index >= 15 is 0 Å². The number of amides is 4. The molecule has 0 unspecified atom stereocenters. The summed E-state index contributed by atoms with van der Waals surface area (Å²) in [4.78, 5) is 38.9. The molecule has 1 aromatic rings. The molecule has 6 nitrogen and oxygen atoms in total. The number of hydrogen-bond donors (Lipinski definition) is 2. The van der Waals surface area contributed by atoms with Crippen LogP contribution in [0.2, 0.25) is 0 Å². The van der Waals surface area contributed by atoms with Crippen LogP contribution in [0.25, 0.3) is 0 Å². The van der Waals surface area contributed by atoms with Crippen molar-refractivity contribution in [3.8, 4) is 0 Å². The maximum Gasteiger partial charge on any atom is 0.325 e. The molecular weight excluding hydrogens is 354 g/mol. The SMILES string of the molecule is CC1CCC(NC(=O)CN2C(=O)N[C@@](C)(c3ccc(C(C)C)cc3)C2=O)CC1. The van der Waals surface area contributed by atoms with Crippen molar-refractivity contribution in [2.75, 3.05) is 6.54 Å². The molecule has 152 valence electrons. The van der Waals surface area contributed by atoms with Crippen LogP contribution >= 0.6 is 0 Å². The first-order valence-corrected chi connectivity index (χ1v) is 10.2. The largest absolute Gasteiger partial charge is 0.352 e. The predicted molar refractivity (Wildman–Crippen MR) is 108 cm³/mol. The molecular formula is C22H31N3O3. The van der Waals surface area contributed by atoms with Crippen molar-refractivity contribution in [2.45, 2.75) is 70.9 Å². The van der Waals surface area contributed by atoms with Crippen molar-refractivity contribution in [1.82, 2.24) is 15.5 Å². The Hall–Kier alpha value is -2.37. The highest BCUT2D eigenvalue weighted by atomic mass is 16.2. The second-order valence-corrected chi connectivity index (χ2v) is 8.75. The van der Waals surface area contributed by atoms with E-state index in [9.17, 15) is 14.4 Å². The molecule has 0 aromatic heterocycles. The van der Waals surface area contributed by atoms with Gasteiger partial charge in [0.15, 0.2) is 0 Å². The molecule has 4 amide bonds. The number of nitrogens with one attached hydrogen (secondary N) is 2. The van der Waals surface area contributed by atoms with Crippen molar-refractivity contribution in [2.24, 2.45) is 5.92 Å². The van der Waals surface area contributed by atoms with E-state index in [4.69, 9.17) is 0 Å². The Morgan fingerprint density at radius 3 is 2.36 bits per heavy atom. The van der Waals surface area contributed by atoms with Gasteiger partial charge >= 0.3 is 6.03 Å². The molecule has 3 rings (SSSR count). The average molecular weight is 386 g/mol. The molecule has 1 heterocycles. The van der Waals surface area contributed by atoms with Gasteiger partial charge in [-0.1, -0.05) is 45.0 Å². The monoisotopic (exact) mass is 385 g/mol. The lowest BCUT2D eigenvalue weighted by molar-refractivity contribution is -0.135. The number of hydrogen-bond acceptors (Lipinski definition) is 3. The molecule has 0 radical (unpaired) electrons. The standard InChI is InChI=1S/C22H31N3O3/c1-14(2)16-7-9-17(10-8-16)22(4)20(27)25(21(28)24-22)13-19(26)23-18-11-5-15(3)6-12-18/h7-10,14-15,18H,5-6,11-13H2,1-4H3,(H,23,26)(H,24,28)/t15?,18?,22-/m0/s1. The second-order valence-electron chi connectivity index (χ2n) is 8.75. The Morgan fingerprint density at radius 2 is 1.79 bits per heavy atom. The fraction of sp³-hybridized carbons (Fsp3) is 0.591. The van der Waals surface area contributed by atoms with Crippen molar-refractivity contribution in [3.05, 3.63) is 35.4 Å². The quantitative estimate of drug-likeness (QED) is 0.764. The van der Waals surface area contributed by atoms with E-state index in [-0.39, 0.29) is 24.4 Å². The van der Waals surface area contributed by atoms with Gasteiger partial charge < -0.3 is 10.6 Å². The van der Waals surface area contributed by atoms with E-state index in [0.29, 0.717) is 11.8 Å². The number of rotatable bonds is 5. The highest BCUT2D eigenvalue weighted by molar-refractivity contribution is 6.09. The lowest BCUT2D eigenvalue weighted by Crippen LogP contribution is -2.46. The van der Waals surface area contributed by atoms with E-state index in [1.807, 2.05) is 24.3 Å². The number of nitrogens with zero attached hydrogens (tertiary/aromatic N) is 1. The zero-order chi connectivity index (χ0) is 20.5. The van der Waals surface area contributed by atoms with Crippen LogP contribution in [-0.4, -0.2) is 35.3 Å². The second kappa shape index (κ2) is 7.94. The van der Waals surface area contributed by atoms with E-state index in [2.05, 4.69) is 31.4 Å². The Kier molecular flexibility index (Phi) is 5.77. The van der Waals surface area contributed by atoms with Crippen LogP contribution < -0.4 is 10.6 Å². The minimum absolute atomic E-state index is 0.138. The summed E-state index contributed by atoms with van der Waals surface area (Å²) >= 11 is 0. The van der Waals surface area contributed by atoms with Crippen LogP contribution in [0.1, 0.15) is 70.4 Å². The van der Waals surface area contributed by atoms with Gasteiger partial charge in [0, 0.05) is 6.04 Å². The van der Waals surface area contributed by atoms with Gasteiger partial charge in [0.1, 0.15) is 12.1 Å². The number of benzene rings is 1. The molecule has 1 aromatic carbocycles. The van der Waals surface area contributed by atoms with E-state index < -0.39 is 11.6 Å². The van der Waals surface area contributed by atoms with Crippen molar-refractivity contribution < 1.29 is 14.4 Å². The van der Waals surface area contributed by atoms with Gasteiger partial charge in [-0.3, -0.25) is 14.5 Å². The number of carbonyl (C=O) groups excluding carboxylic acids is 3. The molecule has 1 saturated carbocycles. The molecule has 6 heteroatoms. The normalized spacial score (nSPS) is 27.8. The number of imide groups is 1. The fourth-order valence-corrected chi connectivity index (χ4v) is 4.06. The zero-order valence-electron chi connectivity index (χ0n) is 17.2. The average Bonchev–Trinajstić information content (AvgIpc) is 2.88. The summed E-state index contributed by atoms with van der Waals surface area (Å²) < 4.78 is 0. The third-order valence-corrected chi connectivity index (χ3v) is 6.11. The van der Waals surface area contributed by atoms with Crippen LogP contribution in [0.4, 0.5) is 4.79 Å². The molecule has 2 N–H and O–H groups in total. The summed E-state index contributed by atoms with van der Waals surface area (Å²) in [6, 6.07) is 7.32. The Bertz CT molecular complexity index is 751. The highest BCUT2D eigenvalue weighted by Crippen LogP contribution is 2.30. The number of carbonyl (C=O) groups is 3. The molecule has 1 aliphatic carbocycles. The first-order valence-electron chi connectivity index (χ1n) is 10.2. The number of urea groups is 1. The van der Waals surface area contributed by atoms with Gasteiger partial charge in [0.05, 0.1) is 0 Å². The molecule has 2 aliphatic rings. The lowest BCUT2D eigenvalue weighted by atomic mass is 9.87. The first kappa shape index (κ1) is 20.4. The van der Waals surface area contributed by atoms with Gasteiger partial charge in [0.2, 0.25) is 5.91 Å². The minimum Gasteiger partial charge on any atom is -0.352 e. The summed E-state index contributed by atoms with van der Waals surface area (Å²) in [6.45, 7) is 7.88. The topological polar surface area (TPSA) is 78.5 Å². The third kappa shape index (κ3) is 4.05. The molecule has 0 bridgehead atoms. The van der Waals surface area contributed by atoms with Crippen LogP contribution in [0.5, 0.6) is 0 Å². The van der Waals surface area contributed by atoms with Crippen LogP contribution in [0, 0.1) is 5.92 Å². The lowest BCUT2D eigenvalue weighted by Gasteiger charge is -2.27. The van der Waals surface area contributed by atoms with Gasteiger partial charge in [0.25, 0.3) is 5.91 Å². The maximum absolute atomic E-state index is 13.0. The Morgan fingerprint density at radius 1 is 1.18 bits per heavy atom. The summed E-state index contributed by atoms with van der Waals surface area (Å²) in [5.74, 6) is 0.422. The van der Waals surface area contributed by atoms with Crippen LogP contribution in [0.15, 0.2) is 24.3 Å². The Labute approximate surface area is 167 Å². The van der Waals surface area contributed by atoms with Crippen molar-refractivity contribution in [3.63, 3.8) is 0 Å². The predicted octanol–water partition coefficient (Wildman–Crippen LogP) is 3.27. The van der Waals surface area contributed by atoms with Crippen LogP contribution in [-0.2, 0) is 15.1 Å². The van der Waals surface area contributed by atoms with Gasteiger partial charge in [-0.15, -0.1) is 0 Å². The zero-order valence-corrected chi connectivity index (χ0v) is 17.2. The molecule has 1 saturated heterocycles. The summed E-state index contributed by atoms with van der Waals surface area (Å²) in [7, 11) is 0. The molecule has 1 aliphatic heterocycles. The van der Waals surface area contributed by atoms with Gasteiger partial charge in [-0.25, -0.2) is 4.79 Å². The third-order valence-electron chi connectivity index (χ3n) is 6.11. The summed E-state index contributed by atoms with van der Waals surface area (Å²) in [6.07, 6.45) is 4.09. The maximum atomic E-state index is 13.0. The fourth-order valence-electron chi connectivity index (χ4n) is 4.06. The summed E-state index contributed by atoms with van der Waals surface area (Å²) in [5.41, 5.74) is 0.745. The minimum atomic E-state index is -1.15. The van der Waals surface area contributed by atoms with E-state index in [0.717, 1.165) is 36.1 Å². The summed E-state index contributed by atoms with van der Waals surface area (Å²) in [5, 5.41) is 5.75. The van der Waals surface area contributed by atoms with Crippen LogP contribution in [0.3, 0.4) is 0 Å². The Balaban J connectivity index is 1.66. The van der Waals surface area contributed by atoms with Crippen molar-refractivity contribution >= 4 is 17.8 Å². The molecule has 1 atom stereocenters. The molecule has 28 heavy (non-hydrogen) atoms. The van der Waals surface area contributed by atoms with Gasteiger partial charge in [-0.2, -0.15) is 0 Å². The molecule has 0 spiro atoms. The molecule has 2 fully saturated rings. The van der Waals surface area contributed by atoms with Crippen molar-refractivity contribution in [1.29, 1.82) is 0 Å². The van der Waals surface area contributed by atoms with Gasteiger partial charge in [-0.05, 0) is 55.6 Å². The highest BCUT2D eigenvalue weighted by Gasteiger charge is 2.49.